The van der Waals surface area contributed by atoms with E-state index in [1.54, 1.807) is 24.3 Å². The van der Waals surface area contributed by atoms with Crippen LogP contribution in [0.4, 0.5) is 24.0 Å². The lowest BCUT2D eigenvalue weighted by molar-refractivity contribution is 0.228. The highest BCUT2D eigenvalue weighted by Crippen LogP contribution is 2.11. The molecule has 3 atom stereocenters. The summed E-state index contributed by atoms with van der Waals surface area (Å²) in [7, 11) is 0. The number of primary amides is 1. The monoisotopic (exact) mass is 699 g/mol. The molecular formula is C33H53N11O6. The van der Waals surface area contributed by atoms with Gasteiger partial charge in [0.05, 0.1) is 6.04 Å². The lowest BCUT2D eigenvalue weighted by Crippen LogP contribution is -2.53. The van der Waals surface area contributed by atoms with E-state index in [9.17, 15) is 29.1 Å². The van der Waals surface area contributed by atoms with Crippen molar-refractivity contribution >= 4 is 30.2 Å². The normalized spacial score (nSPS) is 12.4. The first-order chi connectivity index (χ1) is 23.9. The van der Waals surface area contributed by atoms with Gasteiger partial charge in [0.1, 0.15) is 5.75 Å². The predicted molar refractivity (Wildman–Crippen MR) is 190 cm³/mol. The van der Waals surface area contributed by atoms with E-state index < -0.39 is 36.2 Å². The van der Waals surface area contributed by atoms with Crippen molar-refractivity contribution in [2.45, 2.75) is 51.2 Å². The summed E-state index contributed by atoms with van der Waals surface area (Å²) in [6, 6.07) is 12.6. The van der Waals surface area contributed by atoms with E-state index in [1.807, 2.05) is 44.2 Å². The van der Waals surface area contributed by atoms with E-state index in [4.69, 9.17) is 11.5 Å². The summed E-state index contributed by atoms with van der Waals surface area (Å²) < 4.78 is 0. The van der Waals surface area contributed by atoms with Gasteiger partial charge in [0.15, 0.2) is 0 Å². The van der Waals surface area contributed by atoms with E-state index in [2.05, 4.69) is 47.9 Å². The van der Waals surface area contributed by atoms with Crippen molar-refractivity contribution < 1.29 is 29.1 Å². The summed E-state index contributed by atoms with van der Waals surface area (Å²) in [6.07, 6.45) is 1.58. The van der Waals surface area contributed by atoms with Gasteiger partial charge in [0, 0.05) is 57.9 Å². The van der Waals surface area contributed by atoms with Crippen LogP contribution in [0, 0.1) is 5.92 Å². The van der Waals surface area contributed by atoms with Gasteiger partial charge < -0.3 is 64.4 Å². The highest BCUT2D eigenvalue weighted by atomic mass is 16.3. The largest absolute Gasteiger partial charge is 0.508 e. The summed E-state index contributed by atoms with van der Waals surface area (Å²) in [5.41, 5.74) is 12.9. The number of carbonyl (C=O) groups is 5. The number of phenolic OH excluding ortho intramolecular Hbond substituents is 1. The highest BCUT2D eigenvalue weighted by molar-refractivity contribution is 5.77. The number of hydrogen-bond acceptors (Lipinski definition) is 7. The maximum Gasteiger partial charge on any atom is 0.315 e. The first-order valence-corrected chi connectivity index (χ1v) is 16.6. The number of urea groups is 5. The number of nitrogens with two attached hydrogens (primary N) is 2. The van der Waals surface area contributed by atoms with Crippen LogP contribution in [0.5, 0.6) is 5.75 Å². The van der Waals surface area contributed by atoms with Gasteiger partial charge in [0.2, 0.25) is 0 Å². The molecular weight excluding hydrogens is 646 g/mol. The minimum atomic E-state index is -0.665. The van der Waals surface area contributed by atoms with Crippen LogP contribution in [0.2, 0.25) is 0 Å². The third kappa shape index (κ3) is 18.8. The van der Waals surface area contributed by atoms with Gasteiger partial charge in [0.25, 0.3) is 0 Å². The van der Waals surface area contributed by atoms with Gasteiger partial charge in [-0.05, 0) is 48.4 Å². The fourth-order valence-corrected chi connectivity index (χ4v) is 4.88. The highest BCUT2D eigenvalue weighted by Gasteiger charge is 2.18. The smallest absolute Gasteiger partial charge is 0.315 e. The molecule has 10 amide bonds. The summed E-state index contributed by atoms with van der Waals surface area (Å²) in [5.74, 6) is 0.432. The Hall–Kier alpha value is -5.45. The summed E-state index contributed by atoms with van der Waals surface area (Å²) >= 11 is 0. The second-order valence-corrected chi connectivity index (χ2v) is 12.1. The van der Waals surface area contributed by atoms with Crippen molar-refractivity contribution in [2.24, 2.45) is 17.4 Å². The van der Waals surface area contributed by atoms with Crippen LogP contribution >= 0.6 is 0 Å². The fourth-order valence-electron chi connectivity index (χ4n) is 4.88. The molecule has 0 bridgehead atoms. The molecule has 0 aromatic heterocycles. The topological polar surface area (TPSA) is 266 Å². The number of hydrogen-bond donors (Lipinski definition) is 12. The van der Waals surface area contributed by atoms with Crippen molar-refractivity contribution in [3.05, 3.63) is 65.7 Å². The van der Waals surface area contributed by atoms with Gasteiger partial charge in [-0.15, -0.1) is 0 Å². The average Bonchev–Trinajstić information content (AvgIpc) is 3.07. The Kier molecular flexibility index (Phi) is 18.7. The number of nitrogens with one attached hydrogen (secondary N) is 9. The zero-order chi connectivity index (χ0) is 36.7. The molecule has 276 valence electrons. The molecule has 0 heterocycles. The number of phenols is 1. The summed E-state index contributed by atoms with van der Waals surface area (Å²) in [6.45, 7) is 5.16. The third-order valence-corrected chi connectivity index (χ3v) is 7.21. The SMILES string of the molecule is CC(C)C[C@@H](CNC(=O)N[C@H](CNC(=O)NCCNC(=O)NCCNC(=O)N[C@@H](CN)Cc1ccc(O)cc1)Cc1ccccc1)NC(N)=O. The van der Waals surface area contributed by atoms with Crippen molar-refractivity contribution in [2.75, 3.05) is 45.8 Å². The third-order valence-electron chi connectivity index (χ3n) is 7.21. The summed E-state index contributed by atoms with van der Waals surface area (Å²) in [5, 5.41) is 33.7. The maximum atomic E-state index is 12.7. The first-order valence-electron chi connectivity index (χ1n) is 16.6. The number of rotatable bonds is 20. The molecule has 0 saturated heterocycles. The fraction of sp³-hybridized carbons (Fsp3) is 0.485. The zero-order valence-electron chi connectivity index (χ0n) is 28.7. The maximum absolute atomic E-state index is 12.7. The Bertz CT molecular complexity index is 1330. The van der Waals surface area contributed by atoms with Crippen molar-refractivity contribution in [3.63, 3.8) is 0 Å². The van der Waals surface area contributed by atoms with Gasteiger partial charge in [-0.2, -0.15) is 0 Å². The van der Waals surface area contributed by atoms with Gasteiger partial charge in [-0.1, -0.05) is 56.3 Å². The average molecular weight is 700 g/mol. The van der Waals surface area contributed by atoms with E-state index >= 15 is 0 Å². The minimum absolute atomic E-state index is 0.125. The molecule has 0 aliphatic heterocycles. The van der Waals surface area contributed by atoms with E-state index in [1.165, 1.54) is 0 Å². The molecule has 0 saturated carbocycles. The van der Waals surface area contributed by atoms with Gasteiger partial charge in [-0.25, -0.2) is 24.0 Å². The predicted octanol–water partition coefficient (Wildman–Crippen LogP) is 0.153. The molecule has 2 aromatic carbocycles. The minimum Gasteiger partial charge on any atom is -0.508 e. The molecule has 17 heteroatoms. The van der Waals surface area contributed by atoms with E-state index in [0.29, 0.717) is 19.3 Å². The molecule has 0 aliphatic carbocycles. The Morgan fingerprint density at radius 2 is 1.06 bits per heavy atom. The van der Waals surface area contributed by atoms with Crippen LogP contribution < -0.4 is 59.3 Å². The summed E-state index contributed by atoms with van der Waals surface area (Å²) in [4.78, 5) is 60.8. The van der Waals surface area contributed by atoms with Crippen LogP contribution in [0.25, 0.3) is 0 Å². The van der Waals surface area contributed by atoms with Crippen LogP contribution in [0.1, 0.15) is 31.4 Å². The van der Waals surface area contributed by atoms with Crippen LogP contribution in [0.3, 0.4) is 0 Å². The van der Waals surface area contributed by atoms with Crippen LogP contribution in [-0.4, -0.2) is 99.2 Å². The molecule has 0 unspecified atom stereocenters. The number of aromatic hydroxyl groups is 1. The second-order valence-electron chi connectivity index (χ2n) is 12.1. The number of benzene rings is 2. The zero-order valence-corrected chi connectivity index (χ0v) is 28.7. The Balaban J connectivity index is 1.66. The van der Waals surface area contributed by atoms with E-state index in [0.717, 1.165) is 11.1 Å². The van der Waals surface area contributed by atoms with Gasteiger partial charge in [-0.3, -0.25) is 0 Å². The van der Waals surface area contributed by atoms with Crippen LogP contribution in [0.15, 0.2) is 54.6 Å². The Labute approximate surface area is 292 Å². The molecule has 0 fully saturated rings. The molecule has 2 aromatic rings. The lowest BCUT2D eigenvalue weighted by atomic mass is 10.0. The van der Waals surface area contributed by atoms with Gasteiger partial charge >= 0.3 is 30.2 Å². The van der Waals surface area contributed by atoms with Crippen molar-refractivity contribution in [1.82, 2.24) is 47.9 Å². The number of amides is 10. The van der Waals surface area contributed by atoms with Crippen molar-refractivity contribution in [1.29, 1.82) is 0 Å². The molecule has 0 aliphatic rings. The molecule has 50 heavy (non-hydrogen) atoms. The molecule has 14 N–H and O–H groups in total. The first kappa shape index (κ1) is 40.7. The Morgan fingerprint density at radius 3 is 1.62 bits per heavy atom. The molecule has 0 spiro atoms. The van der Waals surface area contributed by atoms with Crippen molar-refractivity contribution in [3.8, 4) is 5.75 Å². The standard InChI is InChI=1S/C33H53N11O6/c1-22(2)16-26(42-29(35)46)20-41-33(50)44-27(18-23-6-4-3-5-7-23)21-40-31(48)38-13-12-36-30(47)37-14-15-39-32(49)43-25(19-34)17-24-8-10-28(45)11-9-24/h3-11,22,25-27,45H,12-21,34H2,1-2H3,(H3,35,42,46)(H2,36,37,47)(H2,38,40,48)(H2,39,43,49)(H2,41,44,50)/t25-,26+,27+/m1/s1. The van der Waals surface area contributed by atoms with E-state index in [-0.39, 0.29) is 69.6 Å². The van der Waals surface area contributed by atoms with Crippen LogP contribution in [-0.2, 0) is 12.8 Å². The quantitative estimate of drug-likeness (QED) is 0.0851. The molecule has 0 radical (unpaired) electrons. The Morgan fingerprint density at radius 1 is 0.600 bits per heavy atom. The second kappa shape index (κ2) is 23.0. The number of carbonyl (C=O) groups excluding carboxylic acids is 5. The molecule has 17 nitrogen and oxygen atoms in total. The molecule has 2 rings (SSSR count). The lowest BCUT2D eigenvalue weighted by Gasteiger charge is -2.23.